The van der Waals surface area contributed by atoms with E-state index in [1.807, 2.05) is 70.2 Å². The van der Waals surface area contributed by atoms with Crippen molar-refractivity contribution in [1.82, 2.24) is 30.5 Å². The number of tetrazole rings is 1. The van der Waals surface area contributed by atoms with Crippen molar-refractivity contribution in [2.24, 2.45) is 0 Å². The molecule has 1 unspecified atom stereocenters. The third-order valence-corrected chi connectivity index (χ3v) is 5.57. The standard InChI is InChI=1S/C25H25ClN6O2/c1-15(2)24-29-30-31-32(24)19-12-18(21-9-8-16(3)11-22(21)26)13-20(14-19)34-25(33)28-17(4)23-7-5-6-10-27-23/h5-15,17H,1-4H3,(H,28,33). The van der Waals surface area contributed by atoms with E-state index in [1.54, 1.807) is 23.0 Å². The zero-order chi connectivity index (χ0) is 24.2. The van der Waals surface area contributed by atoms with Crippen LogP contribution in [0.15, 0.2) is 60.8 Å². The molecule has 4 rings (SSSR count). The molecule has 1 amide bonds. The number of pyridine rings is 1. The minimum atomic E-state index is -0.600. The molecule has 2 aromatic heterocycles. The van der Waals surface area contributed by atoms with E-state index in [4.69, 9.17) is 16.3 Å². The molecule has 1 N–H and O–H groups in total. The van der Waals surface area contributed by atoms with E-state index < -0.39 is 6.09 Å². The molecule has 0 saturated heterocycles. The van der Waals surface area contributed by atoms with E-state index in [2.05, 4.69) is 25.8 Å². The summed E-state index contributed by atoms with van der Waals surface area (Å²) in [5, 5.41) is 15.5. The van der Waals surface area contributed by atoms with Crippen molar-refractivity contribution >= 4 is 17.7 Å². The van der Waals surface area contributed by atoms with Gasteiger partial charge in [0.15, 0.2) is 5.82 Å². The fraction of sp³-hybridized carbons (Fsp3) is 0.240. The topological polar surface area (TPSA) is 94.8 Å². The number of nitrogens with one attached hydrogen (secondary N) is 1. The quantitative estimate of drug-likeness (QED) is 0.386. The van der Waals surface area contributed by atoms with Crippen LogP contribution in [0.25, 0.3) is 16.8 Å². The highest BCUT2D eigenvalue weighted by molar-refractivity contribution is 6.33. The number of aromatic nitrogens is 5. The van der Waals surface area contributed by atoms with Gasteiger partial charge in [0.25, 0.3) is 0 Å². The minimum Gasteiger partial charge on any atom is -0.410 e. The Morgan fingerprint density at radius 1 is 1.09 bits per heavy atom. The molecular weight excluding hydrogens is 452 g/mol. The molecule has 1 atom stereocenters. The molecule has 0 aliphatic carbocycles. The molecule has 0 aliphatic rings. The average molecular weight is 477 g/mol. The van der Waals surface area contributed by atoms with Crippen LogP contribution in [0, 0.1) is 6.92 Å². The maximum Gasteiger partial charge on any atom is 0.413 e. The fourth-order valence-electron chi connectivity index (χ4n) is 3.53. The Hall–Kier alpha value is -3.78. The number of hydrogen-bond acceptors (Lipinski definition) is 6. The summed E-state index contributed by atoms with van der Waals surface area (Å²) in [7, 11) is 0. The molecule has 0 aliphatic heterocycles. The number of amides is 1. The molecule has 0 saturated carbocycles. The third-order valence-electron chi connectivity index (χ3n) is 5.26. The second-order valence-corrected chi connectivity index (χ2v) is 8.72. The molecule has 34 heavy (non-hydrogen) atoms. The fourth-order valence-corrected chi connectivity index (χ4v) is 3.88. The van der Waals surface area contributed by atoms with E-state index in [9.17, 15) is 4.79 Å². The van der Waals surface area contributed by atoms with Crippen LogP contribution in [0.2, 0.25) is 5.02 Å². The Morgan fingerprint density at radius 2 is 1.91 bits per heavy atom. The van der Waals surface area contributed by atoms with Crippen molar-refractivity contribution in [3.8, 4) is 22.6 Å². The van der Waals surface area contributed by atoms with E-state index in [1.165, 1.54) is 0 Å². The van der Waals surface area contributed by atoms with Gasteiger partial charge in [0.1, 0.15) is 5.75 Å². The highest BCUT2D eigenvalue weighted by Gasteiger charge is 2.17. The first-order valence-corrected chi connectivity index (χ1v) is 11.3. The van der Waals surface area contributed by atoms with Gasteiger partial charge in [0, 0.05) is 28.8 Å². The SMILES string of the molecule is Cc1ccc(-c2cc(OC(=O)NC(C)c3ccccn3)cc(-n3nnnc3C(C)C)c2)c(Cl)c1. The van der Waals surface area contributed by atoms with Crippen molar-refractivity contribution in [1.29, 1.82) is 0 Å². The first-order valence-electron chi connectivity index (χ1n) is 10.9. The van der Waals surface area contributed by atoms with Crippen LogP contribution in [0.5, 0.6) is 5.75 Å². The summed E-state index contributed by atoms with van der Waals surface area (Å²) in [4.78, 5) is 17.0. The van der Waals surface area contributed by atoms with Crippen LogP contribution in [0.1, 0.15) is 49.8 Å². The van der Waals surface area contributed by atoms with Gasteiger partial charge in [-0.15, -0.1) is 5.10 Å². The van der Waals surface area contributed by atoms with Gasteiger partial charge in [-0.05, 0) is 65.7 Å². The molecule has 2 aromatic carbocycles. The molecule has 0 bridgehead atoms. The Kier molecular flexibility index (Phi) is 6.88. The van der Waals surface area contributed by atoms with E-state index >= 15 is 0 Å². The highest BCUT2D eigenvalue weighted by Crippen LogP contribution is 2.33. The molecule has 0 fully saturated rings. The number of carbonyl (C=O) groups is 1. The number of halogens is 1. The second kappa shape index (κ2) is 10.0. The van der Waals surface area contributed by atoms with Crippen LogP contribution < -0.4 is 10.1 Å². The highest BCUT2D eigenvalue weighted by atomic mass is 35.5. The number of rotatable bonds is 6. The van der Waals surface area contributed by atoms with Gasteiger partial charge in [-0.25, -0.2) is 4.79 Å². The summed E-state index contributed by atoms with van der Waals surface area (Å²) in [6.07, 6.45) is 1.08. The number of hydrogen-bond donors (Lipinski definition) is 1. The molecule has 9 heteroatoms. The zero-order valence-corrected chi connectivity index (χ0v) is 20.1. The second-order valence-electron chi connectivity index (χ2n) is 8.31. The summed E-state index contributed by atoms with van der Waals surface area (Å²) in [5.74, 6) is 1.11. The Balaban J connectivity index is 1.70. The lowest BCUT2D eigenvalue weighted by Crippen LogP contribution is -2.30. The number of aryl methyl sites for hydroxylation is 1. The summed E-state index contributed by atoms with van der Waals surface area (Å²) in [6.45, 7) is 7.83. The number of benzene rings is 2. The average Bonchev–Trinajstić information content (AvgIpc) is 3.30. The van der Waals surface area contributed by atoms with Crippen molar-refractivity contribution in [2.75, 3.05) is 0 Å². The van der Waals surface area contributed by atoms with Gasteiger partial charge in [0.05, 0.1) is 17.4 Å². The number of ether oxygens (including phenoxy) is 1. The first-order chi connectivity index (χ1) is 16.3. The van der Waals surface area contributed by atoms with E-state index in [-0.39, 0.29) is 12.0 Å². The van der Waals surface area contributed by atoms with Crippen molar-refractivity contribution in [3.05, 3.63) is 82.9 Å². The predicted octanol–water partition coefficient (Wildman–Crippen LogP) is 5.66. The van der Waals surface area contributed by atoms with Crippen molar-refractivity contribution in [2.45, 2.75) is 39.7 Å². The summed E-state index contributed by atoms with van der Waals surface area (Å²) < 4.78 is 7.30. The van der Waals surface area contributed by atoms with E-state index in [0.717, 1.165) is 22.4 Å². The molecule has 2 heterocycles. The Labute approximate surface area is 202 Å². The molecule has 174 valence electrons. The van der Waals surface area contributed by atoms with Crippen LogP contribution in [0.4, 0.5) is 4.79 Å². The lowest BCUT2D eigenvalue weighted by Gasteiger charge is -2.15. The van der Waals surface area contributed by atoms with Crippen molar-refractivity contribution in [3.63, 3.8) is 0 Å². The van der Waals surface area contributed by atoms with Gasteiger partial charge in [0.2, 0.25) is 0 Å². The van der Waals surface area contributed by atoms with E-state index in [0.29, 0.717) is 22.3 Å². The van der Waals surface area contributed by atoms with Crippen LogP contribution in [-0.2, 0) is 0 Å². The Morgan fingerprint density at radius 3 is 2.62 bits per heavy atom. The zero-order valence-electron chi connectivity index (χ0n) is 19.4. The van der Waals surface area contributed by atoms with Gasteiger partial charge in [-0.2, -0.15) is 4.68 Å². The number of carbonyl (C=O) groups excluding carboxylic acids is 1. The van der Waals surface area contributed by atoms with Crippen molar-refractivity contribution < 1.29 is 9.53 Å². The molecule has 0 spiro atoms. The summed E-state index contributed by atoms with van der Waals surface area (Å²) in [6, 6.07) is 16.4. The first kappa shape index (κ1) is 23.4. The lowest BCUT2D eigenvalue weighted by molar-refractivity contribution is 0.196. The van der Waals surface area contributed by atoms with Crippen LogP contribution >= 0.6 is 11.6 Å². The van der Waals surface area contributed by atoms with Crippen LogP contribution in [-0.4, -0.2) is 31.3 Å². The molecular formula is C25H25ClN6O2. The molecule has 4 aromatic rings. The summed E-state index contributed by atoms with van der Waals surface area (Å²) in [5.41, 5.74) is 4.01. The monoisotopic (exact) mass is 476 g/mol. The third kappa shape index (κ3) is 5.23. The predicted molar refractivity (Wildman–Crippen MR) is 130 cm³/mol. The van der Waals surface area contributed by atoms with Crippen LogP contribution in [0.3, 0.4) is 0 Å². The molecule has 8 nitrogen and oxygen atoms in total. The van der Waals surface area contributed by atoms with Gasteiger partial charge >= 0.3 is 6.09 Å². The number of nitrogens with zero attached hydrogens (tertiary/aromatic N) is 5. The molecule has 0 radical (unpaired) electrons. The smallest absolute Gasteiger partial charge is 0.410 e. The maximum absolute atomic E-state index is 12.7. The normalized spacial score (nSPS) is 11.9. The van der Waals surface area contributed by atoms with Gasteiger partial charge < -0.3 is 10.1 Å². The lowest BCUT2D eigenvalue weighted by atomic mass is 10.0. The Bertz CT molecular complexity index is 1310. The maximum atomic E-state index is 12.7. The van der Waals surface area contributed by atoms with Gasteiger partial charge in [-0.1, -0.05) is 43.6 Å². The van der Waals surface area contributed by atoms with Gasteiger partial charge in [-0.3, -0.25) is 4.98 Å². The minimum absolute atomic E-state index is 0.0912. The largest absolute Gasteiger partial charge is 0.413 e. The summed E-state index contributed by atoms with van der Waals surface area (Å²) >= 11 is 6.54.